The Morgan fingerprint density at radius 3 is 2.06 bits per heavy atom. The van der Waals surface area contributed by atoms with Crippen molar-refractivity contribution in [1.82, 2.24) is 9.80 Å². The molecule has 0 bridgehead atoms. The molecule has 2 aromatic rings. The summed E-state index contributed by atoms with van der Waals surface area (Å²) in [5, 5.41) is 9.68. The zero-order valence-corrected chi connectivity index (χ0v) is 20.0. The molecule has 0 unspecified atom stereocenters. The summed E-state index contributed by atoms with van der Waals surface area (Å²) in [6.07, 6.45) is 5.50. The van der Waals surface area contributed by atoms with E-state index in [1.807, 2.05) is 6.07 Å². The highest BCUT2D eigenvalue weighted by Crippen LogP contribution is 2.34. The summed E-state index contributed by atoms with van der Waals surface area (Å²) in [5.74, 6) is 0.784. The first-order valence-electron chi connectivity index (χ1n) is 12.7. The van der Waals surface area contributed by atoms with Gasteiger partial charge < -0.3 is 14.7 Å². The van der Waals surface area contributed by atoms with Gasteiger partial charge in [-0.3, -0.25) is 4.90 Å². The second-order valence-electron chi connectivity index (χ2n) is 10.1. The number of piperazine rings is 2. The summed E-state index contributed by atoms with van der Waals surface area (Å²) in [5.41, 5.74) is 6.13. The van der Waals surface area contributed by atoms with E-state index >= 15 is 0 Å². The predicted molar refractivity (Wildman–Crippen MR) is 136 cm³/mol. The molecule has 0 spiro atoms. The number of hydrogen-bond donors (Lipinski definition) is 0. The molecule has 5 heteroatoms. The molecule has 0 amide bonds. The van der Waals surface area contributed by atoms with Gasteiger partial charge in [0.2, 0.25) is 0 Å². The number of nitrogens with zero attached hydrogens (tertiary/aromatic N) is 5. The Kier molecular flexibility index (Phi) is 6.85. The maximum absolute atomic E-state index is 9.68. The van der Waals surface area contributed by atoms with E-state index in [0.29, 0.717) is 0 Å². The highest BCUT2D eigenvalue weighted by atomic mass is 15.3. The van der Waals surface area contributed by atoms with Gasteiger partial charge in [-0.05, 0) is 67.3 Å². The number of benzene rings is 2. The van der Waals surface area contributed by atoms with Crippen molar-refractivity contribution in [2.24, 2.45) is 0 Å². The molecule has 2 aliphatic heterocycles. The molecule has 1 saturated carbocycles. The quantitative estimate of drug-likeness (QED) is 0.689. The molecule has 174 valence electrons. The van der Waals surface area contributed by atoms with Gasteiger partial charge in [0.25, 0.3) is 0 Å². The van der Waals surface area contributed by atoms with Crippen LogP contribution in [0.2, 0.25) is 0 Å². The van der Waals surface area contributed by atoms with Gasteiger partial charge >= 0.3 is 0 Å². The van der Waals surface area contributed by atoms with Crippen molar-refractivity contribution in [3.63, 3.8) is 0 Å². The maximum Gasteiger partial charge on any atom is 0.0995 e. The van der Waals surface area contributed by atoms with Crippen molar-refractivity contribution < 1.29 is 0 Å². The van der Waals surface area contributed by atoms with Crippen molar-refractivity contribution in [2.75, 3.05) is 69.2 Å². The summed E-state index contributed by atoms with van der Waals surface area (Å²) in [6, 6.07) is 18.2. The first-order valence-corrected chi connectivity index (χ1v) is 12.7. The third-order valence-electron chi connectivity index (χ3n) is 7.93. The number of nitriles is 1. The normalized spacial score (nSPS) is 20.8. The van der Waals surface area contributed by atoms with Crippen LogP contribution in [0.4, 0.5) is 11.4 Å². The second-order valence-corrected chi connectivity index (χ2v) is 10.1. The van der Waals surface area contributed by atoms with E-state index in [4.69, 9.17) is 0 Å². The van der Waals surface area contributed by atoms with E-state index in [9.17, 15) is 5.26 Å². The Labute approximate surface area is 199 Å². The predicted octanol–water partition coefficient (Wildman–Crippen LogP) is 4.29. The SMILES string of the molecule is CN1CCN(c2ccc(C#N)c(CN3CCN(c4ccc(C5CCCC5)cc4)CC3)c2)CC1. The highest BCUT2D eigenvalue weighted by Gasteiger charge is 2.21. The lowest BCUT2D eigenvalue weighted by Gasteiger charge is -2.37. The zero-order chi connectivity index (χ0) is 22.6. The summed E-state index contributed by atoms with van der Waals surface area (Å²) in [4.78, 5) is 9.86. The topological polar surface area (TPSA) is 36.8 Å². The van der Waals surface area contributed by atoms with Crippen molar-refractivity contribution in [3.8, 4) is 6.07 Å². The van der Waals surface area contributed by atoms with Gasteiger partial charge in [0.15, 0.2) is 0 Å². The van der Waals surface area contributed by atoms with E-state index in [1.165, 1.54) is 48.2 Å². The number of likely N-dealkylation sites (N-methyl/N-ethyl adjacent to an activating group) is 1. The molecule has 33 heavy (non-hydrogen) atoms. The number of anilines is 2. The molecular formula is C28H37N5. The molecule has 0 N–H and O–H groups in total. The molecule has 5 rings (SSSR count). The fourth-order valence-electron chi connectivity index (χ4n) is 5.70. The van der Waals surface area contributed by atoms with E-state index in [0.717, 1.165) is 70.4 Å². The van der Waals surface area contributed by atoms with Gasteiger partial charge in [-0.25, -0.2) is 0 Å². The van der Waals surface area contributed by atoms with Crippen LogP contribution in [0.25, 0.3) is 0 Å². The summed E-state index contributed by atoms with van der Waals surface area (Å²) in [6.45, 7) is 9.32. The van der Waals surface area contributed by atoms with Crippen molar-refractivity contribution in [3.05, 3.63) is 59.2 Å². The largest absolute Gasteiger partial charge is 0.369 e. The Hall–Kier alpha value is -2.55. The van der Waals surface area contributed by atoms with Crippen LogP contribution in [0, 0.1) is 11.3 Å². The number of rotatable bonds is 5. The smallest absolute Gasteiger partial charge is 0.0995 e. The highest BCUT2D eigenvalue weighted by molar-refractivity contribution is 5.54. The first kappa shape index (κ1) is 22.3. The van der Waals surface area contributed by atoms with E-state index < -0.39 is 0 Å². The molecule has 2 aromatic carbocycles. The minimum atomic E-state index is 0.784. The fraction of sp³-hybridized carbons (Fsp3) is 0.536. The third-order valence-corrected chi connectivity index (χ3v) is 7.93. The van der Waals surface area contributed by atoms with E-state index in [1.54, 1.807) is 0 Å². The van der Waals surface area contributed by atoms with Crippen LogP contribution in [0.5, 0.6) is 0 Å². The third kappa shape index (κ3) is 5.18. The molecule has 2 heterocycles. The van der Waals surface area contributed by atoms with Crippen molar-refractivity contribution in [1.29, 1.82) is 5.26 Å². The van der Waals surface area contributed by atoms with Gasteiger partial charge in [0, 0.05) is 70.3 Å². The Morgan fingerprint density at radius 2 is 1.39 bits per heavy atom. The Bertz CT molecular complexity index is 957. The molecular weight excluding hydrogens is 406 g/mol. The average Bonchev–Trinajstić information content (AvgIpc) is 3.40. The maximum atomic E-state index is 9.68. The van der Waals surface area contributed by atoms with Crippen LogP contribution in [0.1, 0.15) is 48.3 Å². The molecule has 5 nitrogen and oxygen atoms in total. The Balaban J connectivity index is 1.19. The molecule has 1 aliphatic carbocycles. The lowest BCUT2D eigenvalue weighted by molar-refractivity contribution is 0.249. The van der Waals surface area contributed by atoms with E-state index in [-0.39, 0.29) is 0 Å². The van der Waals surface area contributed by atoms with Gasteiger partial charge in [0.05, 0.1) is 11.6 Å². The molecule has 3 fully saturated rings. The van der Waals surface area contributed by atoms with Gasteiger partial charge in [-0.1, -0.05) is 25.0 Å². The average molecular weight is 444 g/mol. The minimum Gasteiger partial charge on any atom is -0.369 e. The van der Waals surface area contributed by atoms with Crippen molar-refractivity contribution >= 4 is 11.4 Å². The summed E-state index contributed by atoms with van der Waals surface area (Å²) >= 11 is 0. The van der Waals surface area contributed by atoms with Gasteiger partial charge in [-0.15, -0.1) is 0 Å². The standard InChI is InChI=1S/C28H37N5/c1-30-12-16-33(17-13-30)28-11-8-25(21-29)26(20-28)22-31-14-18-32(19-15-31)27-9-6-24(7-10-27)23-4-2-3-5-23/h6-11,20,23H,2-5,12-19,22H2,1H3. The molecule has 0 atom stereocenters. The molecule has 0 radical (unpaired) electrons. The van der Waals surface area contributed by atoms with Crippen LogP contribution in [0.15, 0.2) is 42.5 Å². The first-order chi connectivity index (χ1) is 16.2. The summed E-state index contributed by atoms with van der Waals surface area (Å²) in [7, 11) is 2.19. The fourth-order valence-corrected chi connectivity index (χ4v) is 5.70. The van der Waals surface area contributed by atoms with Gasteiger partial charge in [0.1, 0.15) is 0 Å². The second kappa shape index (κ2) is 10.2. The van der Waals surface area contributed by atoms with Crippen molar-refractivity contribution in [2.45, 2.75) is 38.1 Å². The Morgan fingerprint density at radius 1 is 0.788 bits per heavy atom. The monoisotopic (exact) mass is 443 g/mol. The minimum absolute atomic E-state index is 0.784. The number of hydrogen-bond acceptors (Lipinski definition) is 5. The molecule has 0 aromatic heterocycles. The van der Waals surface area contributed by atoms with Crippen LogP contribution in [-0.2, 0) is 6.54 Å². The van der Waals surface area contributed by atoms with Crippen LogP contribution < -0.4 is 9.80 Å². The van der Waals surface area contributed by atoms with Crippen LogP contribution in [0.3, 0.4) is 0 Å². The lowest BCUT2D eigenvalue weighted by Crippen LogP contribution is -2.46. The molecule has 2 saturated heterocycles. The van der Waals surface area contributed by atoms with Crippen LogP contribution >= 0.6 is 0 Å². The van der Waals surface area contributed by atoms with Crippen LogP contribution in [-0.4, -0.2) is 69.2 Å². The van der Waals surface area contributed by atoms with E-state index in [2.05, 4.69) is 69.1 Å². The lowest BCUT2D eigenvalue weighted by atomic mass is 9.97. The van der Waals surface area contributed by atoms with Gasteiger partial charge in [-0.2, -0.15) is 5.26 Å². The summed E-state index contributed by atoms with van der Waals surface area (Å²) < 4.78 is 0. The zero-order valence-electron chi connectivity index (χ0n) is 20.0. The molecule has 3 aliphatic rings.